The summed E-state index contributed by atoms with van der Waals surface area (Å²) in [6, 6.07) is 0. The van der Waals surface area contributed by atoms with Crippen LogP contribution in [-0.4, -0.2) is 58.8 Å². The molecule has 0 spiro atoms. The van der Waals surface area contributed by atoms with E-state index in [1.807, 2.05) is 27.7 Å². The summed E-state index contributed by atoms with van der Waals surface area (Å²) in [4.78, 5) is 24.5. The second-order valence-corrected chi connectivity index (χ2v) is 20.5. The van der Waals surface area contributed by atoms with E-state index >= 15 is 0 Å². The monoisotopic (exact) mass is 689 g/mol. The molecule has 0 aliphatic heterocycles. The van der Waals surface area contributed by atoms with Crippen molar-refractivity contribution in [3.05, 3.63) is 11.6 Å². The van der Waals surface area contributed by atoms with E-state index in [-0.39, 0.29) is 58.3 Å². The topological polar surface area (TPSA) is 102 Å². The minimum absolute atomic E-state index is 0.0524. The maximum atomic E-state index is 13.1. The summed E-state index contributed by atoms with van der Waals surface area (Å²) in [6.45, 7) is 28.2. The number of fused-ring (bicyclic) bond motifs is 5. The standard InChI is InChI=1S/C42H72O7/c1-26(23-30(49-36(2,3)4)35(47-14)39(9,10)46)27-17-21-42(13)29-15-16-31-38(7,8)32(48-34(45)25-37(5,6)24-33(43)44)19-20-40(31,11)28(29)18-22-41(27,42)12/h15,26-28,30-32,35,46H,16-25H2,1-14H3,(H,43,44)/t26?,27-,28?,30+,31?,32?,35-,40+,41-,42+/m0/s1. The van der Waals surface area contributed by atoms with E-state index in [1.54, 1.807) is 12.7 Å². The number of carbonyl (C=O) groups is 2. The number of aliphatic hydroxyl groups is 1. The highest BCUT2D eigenvalue weighted by molar-refractivity contribution is 5.73. The fraction of sp³-hybridized carbons (Fsp3) is 0.905. The predicted molar refractivity (Wildman–Crippen MR) is 195 cm³/mol. The van der Waals surface area contributed by atoms with E-state index in [4.69, 9.17) is 14.2 Å². The Kier molecular flexibility index (Phi) is 11.1. The lowest BCUT2D eigenvalue weighted by molar-refractivity contribution is -0.183. The number of carbonyl (C=O) groups excluding carboxylic acids is 1. The highest BCUT2D eigenvalue weighted by atomic mass is 16.6. The molecule has 3 fully saturated rings. The number of ether oxygens (including phenoxy) is 3. The molecule has 0 aromatic carbocycles. The lowest BCUT2D eigenvalue weighted by Gasteiger charge is -2.64. The van der Waals surface area contributed by atoms with Crippen molar-refractivity contribution >= 4 is 11.9 Å². The van der Waals surface area contributed by atoms with Gasteiger partial charge in [-0.15, -0.1) is 0 Å². The van der Waals surface area contributed by atoms with Gasteiger partial charge in [-0.1, -0.05) is 67.0 Å². The summed E-state index contributed by atoms with van der Waals surface area (Å²) >= 11 is 0. The molecule has 7 heteroatoms. The number of rotatable bonds is 12. The van der Waals surface area contributed by atoms with Crippen molar-refractivity contribution in [2.75, 3.05) is 7.11 Å². The number of carboxylic acid groups (broad SMARTS) is 1. The van der Waals surface area contributed by atoms with Crippen LogP contribution in [0.4, 0.5) is 0 Å². The first-order valence-corrected chi connectivity index (χ1v) is 19.3. The van der Waals surface area contributed by atoms with Crippen molar-refractivity contribution < 1.29 is 34.0 Å². The van der Waals surface area contributed by atoms with Gasteiger partial charge in [0.2, 0.25) is 0 Å². The van der Waals surface area contributed by atoms with Gasteiger partial charge in [-0.25, -0.2) is 0 Å². The first kappa shape index (κ1) is 40.3. The summed E-state index contributed by atoms with van der Waals surface area (Å²) < 4.78 is 18.8. The van der Waals surface area contributed by atoms with Gasteiger partial charge < -0.3 is 24.4 Å². The molecule has 0 bridgehead atoms. The third-order valence-corrected chi connectivity index (χ3v) is 14.4. The Balaban J connectivity index is 1.55. The fourth-order valence-corrected chi connectivity index (χ4v) is 12.0. The second-order valence-electron chi connectivity index (χ2n) is 20.5. The van der Waals surface area contributed by atoms with Crippen molar-refractivity contribution in [2.24, 2.45) is 50.7 Å². The summed E-state index contributed by atoms with van der Waals surface area (Å²) in [5.41, 5.74) is -0.0633. The Morgan fingerprint density at radius 2 is 1.57 bits per heavy atom. The van der Waals surface area contributed by atoms with Gasteiger partial charge in [0.25, 0.3) is 0 Å². The van der Waals surface area contributed by atoms with Crippen LogP contribution >= 0.6 is 0 Å². The molecule has 0 aromatic rings. The molecule has 2 N–H and O–H groups in total. The van der Waals surface area contributed by atoms with Crippen LogP contribution in [0.15, 0.2) is 11.6 Å². The van der Waals surface area contributed by atoms with Gasteiger partial charge in [-0.05, 0) is 131 Å². The van der Waals surface area contributed by atoms with Crippen LogP contribution < -0.4 is 0 Å². The van der Waals surface area contributed by atoms with E-state index < -0.39 is 23.1 Å². The zero-order chi connectivity index (χ0) is 37.2. The molecule has 0 saturated heterocycles. The van der Waals surface area contributed by atoms with E-state index in [1.165, 1.54) is 25.7 Å². The highest BCUT2D eigenvalue weighted by Gasteiger charge is 2.66. The summed E-state index contributed by atoms with van der Waals surface area (Å²) in [5, 5.41) is 20.4. The number of esters is 1. The predicted octanol–water partition coefficient (Wildman–Crippen LogP) is 9.39. The Morgan fingerprint density at radius 1 is 0.939 bits per heavy atom. The molecule has 0 aromatic heterocycles. The van der Waals surface area contributed by atoms with Gasteiger partial charge in [-0.3, -0.25) is 9.59 Å². The van der Waals surface area contributed by atoms with Gasteiger partial charge in [0, 0.05) is 12.5 Å². The van der Waals surface area contributed by atoms with E-state index in [9.17, 15) is 19.8 Å². The lowest BCUT2D eigenvalue weighted by atomic mass is 9.41. The summed E-state index contributed by atoms with van der Waals surface area (Å²) in [5.74, 6) is 0.718. The van der Waals surface area contributed by atoms with E-state index in [0.29, 0.717) is 23.7 Å². The van der Waals surface area contributed by atoms with Gasteiger partial charge in [0.15, 0.2) is 0 Å². The van der Waals surface area contributed by atoms with Crippen LogP contribution in [0, 0.1) is 50.7 Å². The summed E-state index contributed by atoms with van der Waals surface area (Å²) in [7, 11) is 1.69. The number of allylic oxidation sites excluding steroid dienone is 2. The number of aliphatic carboxylic acids is 1. The largest absolute Gasteiger partial charge is 0.481 e. The molecule has 4 rings (SSSR count). The molecule has 49 heavy (non-hydrogen) atoms. The van der Waals surface area contributed by atoms with Gasteiger partial charge in [0.1, 0.15) is 12.2 Å². The van der Waals surface area contributed by atoms with Gasteiger partial charge >= 0.3 is 11.9 Å². The van der Waals surface area contributed by atoms with Crippen LogP contribution in [0.2, 0.25) is 0 Å². The normalized spacial score (nSPS) is 36.4. The van der Waals surface area contributed by atoms with Gasteiger partial charge in [0.05, 0.1) is 30.1 Å². The van der Waals surface area contributed by atoms with Crippen LogP contribution in [-0.2, 0) is 23.8 Å². The van der Waals surface area contributed by atoms with Crippen LogP contribution in [0.3, 0.4) is 0 Å². The Hall–Kier alpha value is -1.44. The minimum atomic E-state index is -1.02. The SMILES string of the molecule is CO[C@@H]([C@@H](CC(C)[C@@H]1CC[C@]2(C)C3=CCC4C(C)(C)C(OC(=O)CC(C)(C)CC(=O)O)CC[C@]4(C)C3CC[C@@]12C)OC(C)(C)C)C(C)(C)O. The molecule has 0 amide bonds. The van der Waals surface area contributed by atoms with Gasteiger partial charge in [-0.2, -0.15) is 0 Å². The molecule has 4 unspecified atom stereocenters. The van der Waals surface area contributed by atoms with Crippen molar-refractivity contribution in [1.29, 1.82) is 0 Å². The van der Waals surface area contributed by atoms with Crippen molar-refractivity contribution in [1.82, 2.24) is 0 Å². The fourth-order valence-electron chi connectivity index (χ4n) is 12.0. The first-order chi connectivity index (χ1) is 22.2. The molecule has 4 aliphatic carbocycles. The average molecular weight is 689 g/mol. The molecule has 0 heterocycles. The third-order valence-electron chi connectivity index (χ3n) is 14.4. The van der Waals surface area contributed by atoms with Crippen molar-refractivity contribution in [2.45, 2.75) is 184 Å². The first-order valence-electron chi connectivity index (χ1n) is 19.3. The van der Waals surface area contributed by atoms with Crippen molar-refractivity contribution in [3.63, 3.8) is 0 Å². The quantitative estimate of drug-likeness (QED) is 0.156. The van der Waals surface area contributed by atoms with E-state index in [0.717, 1.165) is 25.7 Å². The number of methoxy groups -OCH3 is 1. The Morgan fingerprint density at radius 3 is 2.12 bits per heavy atom. The number of hydrogen-bond donors (Lipinski definition) is 2. The molecule has 0 radical (unpaired) electrons. The third kappa shape index (κ3) is 7.70. The minimum Gasteiger partial charge on any atom is -0.481 e. The van der Waals surface area contributed by atoms with E-state index in [2.05, 4.69) is 68.4 Å². The zero-order valence-corrected chi connectivity index (χ0v) is 33.6. The molecule has 3 saturated carbocycles. The Bertz CT molecular complexity index is 1250. The number of hydrogen-bond acceptors (Lipinski definition) is 6. The number of carboxylic acids is 1. The molecular weight excluding hydrogens is 616 g/mol. The molecule has 282 valence electrons. The van der Waals surface area contributed by atoms with Crippen molar-refractivity contribution in [3.8, 4) is 0 Å². The second kappa shape index (κ2) is 13.5. The van der Waals surface area contributed by atoms with Crippen LogP contribution in [0.25, 0.3) is 0 Å². The molecule has 4 aliphatic rings. The molecule has 10 atom stereocenters. The Labute approximate surface area is 298 Å². The average Bonchev–Trinajstić information content (AvgIpc) is 3.19. The lowest BCUT2D eigenvalue weighted by Crippen LogP contribution is -2.58. The summed E-state index contributed by atoms with van der Waals surface area (Å²) in [6.07, 6.45) is 10.4. The van der Waals surface area contributed by atoms with Crippen LogP contribution in [0.5, 0.6) is 0 Å². The highest BCUT2D eigenvalue weighted by Crippen LogP contribution is 2.73. The smallest absolute Gasteiger partial charge is 0.306 e. The maximum Gasteiger partial charge on any atom is 0.306 e. The molecular formula is C42H72O7. The molecule has 7 nitrogen and oxygen atoms in total. The maximum absolute atomic E-state index is 13.1. The van der Waals surface area contributed by atoms with Crippen LogP contribution in [0.1, 0.15) is 154 Å². The zero-order valence-electron chi connectivity index (χ0n) is 33.6.